The lowest BCUT2D eigenvalue weighted by atomic mass is 10.2. The molecule has 1 aromatic heterocycles. The van der Waals surface area contributed by atoms with E-state index in [9.17, 15) is 4.79 Å². The molecule has 1 N–H and O–H groups in total. The minimum Gasteiger partial charge on any atom is -0.368 e. The Morgan fingerprint density at radius 2 is 1.76 bits per heavy atom. The van der Waals surface area contributed by atoms with E-state index < -0.39 is 0 Å². The van der Waals surface area contributed by atoms with Crippen LogP contribution in [0, 0.1) is 0 Å². The SMILES string of the molecule is CCN1CCN(c2cncc(C(=O)Nc3cc(Cl)cc(Cl)c3)c2)CC1. The number of aromatic nitrogens is 1. The molecule has 1 aliphatic rings. The molecule has 2 heterocycles. The normalized spacial score (nSPS) is 15.2. The van der Waals surface area contributed by atoms with Crippen molar-refractivity contribution in [2.45, 2.75) is 6.92 Å². The average molecular weight is 379 g/mol. The van der Waals surface area contributed by atoms with Gasteiger partial charge in [-0.1, -0.05) is 30.1 Å². The molecule has 0 bridgehead atoms. The van der Waals surface area contributed by atoms with E-state index in [0.717, 1.165) is 38.4 Å². The van der Waals surface area contributed by atoms with Gasteiger partial charge < -0.3 is 15.1 Å². The highest BCUT2D eigenvalue weighted by Gasteiger charge is 2.17. The van der Waals surface area contributed by atoms with Gasteiger partial charge in [-0.2, -0.15) is 0 Å². The van der Waals surface area contributed by atoms with Crippen molar-refractivity contribution in [1.29, 1.82) is 0 Å². The summed E-state index contributed by atoms with van der Waals surface area (Å²) in [5.41, 5.74) is 2.03. The number of piperazine rings is 1. The molecule has 0 spiro atoms. The highest BCUT2D eigenvalue weighted by atomic mass is 35.5. The Labute approximate surface area is 157 Å². The molecule has 1 fully saturated rings. The van der Waals surface area contributed by atoms with E-state index >= 15 is 0 Å². The summed E-state index contributed by atoms with van der Waals surface area (Å²) in [6, 6.07) is 6.81. The second-order valence-corrected chi connectivity index (χ2v) is 6.84. The van der Waals surface area contributed by atoms with Gasteiger partial charge in [0.1, 0.15) is 0 Å². The zero-order valence-electron chi connectivity index (χ0n) is 14.0. The zero-order chi connectivity index (χ0) is 17.8. The second kappa shape index (κ2) is 8.04. The standard InChI is InChI=1S/C18H20Cl2N4O/c1-2-23-3-5-24(6-4-23)17-7-13(11-21-12-17)18(25)22-16-9-14(19)8-15(20)10-16/h7-12H,2-6H2,1H3,(H,22,25). The summed E-state index contributed by atoms with van der Waals surface area (Å²) < 4.78 is 0. The summed E-state index contributed by atoms with van der Waals surface area (Å²) in [7, 11) is 0. The number of nitrogens with one attached hydrogen (secondary N) is 1. The maximum Gasteiger partial charge on any atom is 0.257 e. The Balaban J connectivity index is 1.71. The van der Waals surface area contributed by atoms with Crippen LogP contribution in [0.3, 0.4) is 0 Å². The molecule has 5 nitrogen and oxygen atoms in total. The zero-order valence-corrected chi connectivity index (χ0v) is 15.5. The summed E-state index contributed by atoms with van der Waals surface area (Å²) in [5, 5.41) is 3.76. The Bertz CT molecular complexity index is 740. The maximum atomic E-state index is 12.5. The molecule has 0 saturated carbocycles. The van der Waals surface area contributed by atoms with Crippen molar-refractivity contribution in [2.75, 3.05) is 42.9 Å². The molecule has 25 heavy (non-hydrogen) atoms. The summed E-state index contributed by atoms with van der Waals surface area (Å²) in [5.74, 6) is -0.236. The fourth-order valence-corrected chi connectivity index (χ4v) is 3.40. The molecule has 0 aliphatic carbocycles. The molecule has 1 saturated heterocycles. The molecule has 1 aliphatic heterocycles. The van der Waals surface area contributed by atoms with Crippen LogP contribution in [0.5, 0.6) is 0 Å². The molecular weight excluding hydrogens is 359 g/mol. The van der Waals surface area contributed by atoms with Crippen molar-refractivity contribution in [3.05, 3.63) is 52.3 Å². The van der Waals surface area contributed by atoms with Gasteiger partial charge in [0.15, 0.2) is 0 Å². The van der Waals surface area contributed by atoms with Crippen molar-refractivity contribution in [3.8, 4) is 0 Å². The summed E-state index contributed by atoms with van der Waals surface area (Å²) in [6.07, 6.45) is 3.36. The van der Waals surface area contributed by atoms with Crippen LogP contribution in [-0.4, -0.2) is 48.5 Å². The van der Waals surface area contributed by atoms with Crippen molar-refractivity contribution >= 4 is 40.5 Å². The number of benzene rings is 1. The lowest BCUT2D eigenvalue weighted by Gasteiger charge is -2.35. The quantitative estimate of drug-likeness (QED) is 0.879. The van der Waals surface area contributed by atoms with Crippen molar-refractivity contribution in [3.63, 3.8) is 0 Å². The smallest absolute Gasteiger partial charge is 0.257 e. The number of rotatable bonds is 4. The van der Waals surface area contributed by atoms with Crippen LogP contribution in [0.4, 0.5) is 11.4 Å². The number of halogens is 2. The third-order valence-corrected chi connectivity index (χ3v) is 4.73. The van der Waals surface area contributed by atoms with E-state index in [1.54, 1.807) is 30.6 Å². The Morgan fingerprint density at radius 1 is 1.08 bits per heavy atom. The Morgan fingerprint density at radius 3 is 2.40 bits per heavy atom. The highest BCUT2D eigenvalue weighted by molar-refractivity contribution is 6.35. The minimum absolute atomic E-state index is 0.236. The topological polar surface area (TPSA) is 48.5 Å². The fraction of sp³-hybridized carbons (Fsp3) is 0.333. The Hall–Kier alpha value is -1.82. The molecule has 132 valence electrons. The van der Waals surface area contributed by atoms with Gasteiger partial charge in [-0.05, 0) is 30.8 Å². The number of pyridine rings is 1. The van der Waals surface area contributed by atoms with E-state index in [0.29, 0.717) is 21.3 Å². The number of hydrogen-bond acceptors (Lipinski definition) is 4. The van der Waals surface area contributed by atoms with Crippen LogP contribution in [0.1, 0.15) is 17.3 Å². The number of amides is 1. The first-order chi connectivity index (χ1) is 12.0. The van der Waals surface area contributed by atoms with Crippen LogP contribution in [-0.2, 0) is 0 Å². The lowest BCUT2D eigenvalue weighted by Crippen LogP contribution is -2.46. The maximum absolute atomic E-state index is 12.5. The fourth-order valence-electron chi connectivity index (χ4n) is 2.88. The van der Waals surface area contributed by atoms with Crippen molar-refractivity contribution in [2.24, 2.45) is 0 Å². The number of carbonyl (C=O) groups is 1. The van der Waals surface area contributed by atoms with Gasteiger partial charge in [-0.25, -0.2) is 0 Å². The van der Waals surface area contributed by atoms with Gasteiger partial charge >= 0.3 is 0 Å². The Kier molecular flexibility index (Phi) is 5.78. The summed E-state index contributed by atoms with van der Waals surface area (Å²) in [6.45, 7) is 7.15. The van der Waals surface area contributed by atoms with Crippen LogP contribution < -0.4 is 10.2 Å². The van der Waals surface area contributed by atoms with Gasteiger partial charge in [-0.15, -0.1) is 0 Å². The van der Waals surface area contributed by atoms with Crippen LogP contribution in [0.15, 0.2) is 36.7 Å². The minimum atomic E-state index is -0.236. The van der Waals surface area contributed by atoms with E-state index in [1.807, 2.05) is 6.07 Å². The molecule has 7 heteroatoms. The van der Waals surface area contributed by atoms with Gasteiger partial charge in [-0.3, -0.25) is 9.78 Å². The summed E-state index contributed by atoms with van der Waals surface area (Å²) >= 11 is 11.9. The average Bonchev–Trinajstić information content (AvgIpc) is 2.61. The first kappa shape index (κ1) is 18.0. The second-order valence-electron chi connectivity index (χ2n) is 5.97. The predicted octanol–water partition coefficient (Wildman–Crippen LogP) is 3.78. The molecule has 1 aromatic carbocycles. The molecule has 3 rings (SSSR count). The number of anilines is 2. The monoisotopic (exact) mass is 378 g/mol. The van der Waals surface area contributed by atoms with E-state index in [4.69, 9.17) is 23.2 Å². The number of nitrogens with zero attached hydrogens (tertiary/aromatic N) is 3. The van der Waals surface area contributed by atoms with Gasteiger partial charge in [0.2, 0.25) is 0 Å². The van der Waals surface area contributed by atoms with E-state index in [-0.39, 0.29) is 5.91 Å². The number of hydrogen-bond donors (Lipinski definition) is 1. The van der Waals surface area contributed by atoms with Crippen LogP contribution in [0.2, 0.25) is 10.0 Å². The highest BCUT2D eigenvalue weighted by Crippen LogP contribution is 2.23. The molecule has 0 radical (unpaired) electrons. The van der Waals surface area contributed by atoms with Crippen LogP contribution in [0.25, 0.3) is 0 Å². The van der Waals surface area contributed by atoms with Gasteiger partial charge in [0, 0.05) is 48.1 Å². The van der Waals surface area contributed by atoms with Gasteiger partial charge in [0.05, 0.1) is 17.4 Å². The summed E-state index contributed by atoms with van der Waals surface area (Å²) in [4.78, 5) is 21.4. The lowest BCUT2D eigenvalue weighted by molar-refractivity contribution is 0.102. The van der Waals surface area contributed by atoms with Gasteiger partial charge in [0.25, 0.3) is 5.91 Å². The number of likely N-dealkylation sites (N-methyl/N-ethyl adjacent to an activating group) is 1. The predicted molar refractivity (Wildman–Crippen MR) is 103 cm³/mol. The van der Waals surface area contributed by atoms with E-state index in [1.165, 1.54) is 0 Å². The molecule has 1 amide bonds. The molecule has 0 unspecified atom stereocenters. The molecular formula is C18H20Cl2N4O. The molecule has 0 atom stereocenters. The van der Waals surface area contributed by atoms with Crippen LogP contribution >= 0.6 is 23.2 Å². The first-order valence-corrected chi connectivity index (χ1v) is 9.00. The van der Waals surface area contributed by atoms with Crippen molar-refractivity contribution in [1.82, 2.24) is 9.88 Å². The third-order valence-electron chi connectivity index (χ3n) is 4.29. The first-order valence-electron chi connectivity index (χ1n) is 8.25. The van der Waals surface area contributed by atoms with E-state index in [2.05, 4.69) is 27.0 Å². The third kappa shape index (κ3) is 4.63. The van der Waals surface area contributed by atoms with Crippen molar-refractivity contribution < 1.29 is 4.79 Å². The molecule has 2 aromatic rings. The largest absolute Gasteiger partial charge is 0.368 e. The number of carbonyl (C=O) groups excluding carboxylic acids is 1.